The van der Waals surface area contributed by atoms with Crippen molar-refractivity contribution >= 4 is 5.91 Å². The van der Waals surface area contributed by atoms with Gasteiger partial charge in [0, 0.05) is 32.3 Å². The van der Waals surface area contributed by atoms with E-state index in [1.807, 2.05) is 17.8 Å². The van der Waals surface area contributed by atoms with Crippen LogP contribution in [0.5, 0.6) is 0 Å². The van der Waals surface area contributed by atoms with Crippen LogP contribution < -0.4 is 5.32 Å². The molecule has 2 aliphatic rings. The third kappa shape index (κ3) is 3.26. The van der Waals surface area contributed by atoms with Crippen LogP contribution in [0.3, 0.4) is 0 Å². The zero-order chi connectivity index (χ0) is 18.1. The lowest BCUT2D eigenvalue weighted by Gasteiger charge is -2.40. The van der Waals surface area contributed by atoms with Crippen LogP contribution in [0.2, 0.25) is 0 Å². The number of morpholine rings is 1. The van der Waals surface area contributed by atoms with Crippen LogP contribution in [0, 0.1) is 0 Å². The van der Waals surface area contributed by atoms with Crippen LogP contribution >= 0.6 is 0 Å². The van der Waals surface area contributed by atoms with Gasteiger partial charge < -0.3 is 14.5 Å². The lowest BCUT2D eigenvalue weighted by atomic mass is 10.0. The summed E-state index contributed by atoms with van der Waals surface area (Å²) in [7, 11) is 1.93. The number of nitrogens with one attached hydrogen (secondary N) is 1. The van der Waals surface area contributed by atoms with Crippen LogP contribution in [0.4, 0.5) is 0 Å². The molecule has 1 saturated carbocycles. The van der Waals surface area contributed by atoms with Crippen molar-refractivity contribution in [2.45, 2.75) is 37.8 Å². The first kappa shape index (κ1) is 17.2. The first-order chi connectivity index (χ1) is 12.7. The molecule has 2 aromatic rings. The van der Waals surface area contributed by atoms with E-state index in [0.717, 1.165) is 37.3 Å². The highest BCUT2D eigenvalue weighted by atomic mass is 16.5. The molecule has 1 N–H and O–H groups in total. The minimum Gasteiger partial charge on any atom is -0.438 e. The molecule has 4 rings (SSSR count). The second-order valence-corrected chi connectivity index (χ2v) is 6.91. The Morgan fingerprint density at radius 3 is 2.96 bits per heavy atom. The van der Waals surface area contributed by atoms with Gasteiger partial charge in [0.05, 0.1) is 30.1 Å². The molecule has 8 nitrogen and oxygen atoms in total. The van der Waals surface area contributed by atoms with Crippen molar-refractivity contribution in [1.82, 2.24) is 25.0 Å². The molecule has 1 aliphatic carbocycles. The molecule has 26 heavy (non-hydrogen) atoms. The fourth-order valence-electron chi connectivity index (χ4n) is 3.71. The van der Waals surface area contributed by atoms with Crippen molar-refractivity contribution in [3.63, 3.8) is 0 Å². The van der Waals surface area contributed by atoms with Crippen molar-refractivity contribution in [2.24, 2.45) is 7.05 Å². The smallest absolute Gasteiger partial charge is 0.289 e. The van der Waals surface area contributed by atoms with Gasteiger partial charge in [-0.2, -0.15) is 5.10 Å². The Balaban J connectivity index is 1.47. The van der Waals surface area contributed by atoms with Crippen molar-refractivity contribution in [1.29, 1.82) is 0 Å². The maximum Gasteiger partial charge on any atom is 0.289 e. The lowest BCUT2D eigenvalue weighted by molar-refractivity contribution is -0.0709. The third-order valence-corrected chi connectivity index (χ3v) is 5.25. The topological polar surface area (TPSA) is 85.4 Å². The molecule has 3 heterocycles. The summed E-state index contributed by atoms with van der Waals surface area (Å²) in [4.78, 5) is 19.2. The third-order valence-electron chi connectivity index (χ3n) is 5.25. The number of amides is 1. The highest BCUT2D eigenvalue weighted by Gasteiger charge is 2.36. The van der Waals surface area contributed by atoms with E-state index in [9.17, 15) is 4.79 Å². The first-order valence-electron chi connectivity index (χ1n) is 9.24. The van der Waals surface area contributed by atoms with E-state index in [-0.39, 0.29) is 18.1 Å². The van der Waals surface area contributed by atoms with E-state index in [2.05, 4.69) is 27.2 Å². The fourth-order valence-corrected chi connectivity index (χ4v) is 3.71. The number of aromatic nitrogens is 3. The highest BCUT2D eigenvalue weighted by molar-refractivity contribution is 5.92. The molecular weight excluding hydrogens is 334 g/mol. The molecule has 0 radical (unpaired) electrons. The maximum absolute atomic E-state index is 12.6. The van der Waals surface area contributed by atoms with Gasteiger partial charge in [0.15, 0.2) is 6.39 Å². The molecule has 2 atom stereocenters. The normalized spacial score (nSPS) is 23.9. The van der Waals surface area contributed by atoms with E-state index < -0.39 is 0 Å². The van der Waals surface area contributed by atoms with E-state index in [4.69, 9.17) is 9.15 Å². The molecule has 1 saturated heterocycles. The van der Waals surface area contributed by atoms with E-state index in [1.165, 1.54) is 6.39 Å². The molecule has 140 valence electrons. The van der Waals surface area contributed by atoms with E-state index in [0.29, 0.717) is 24.8 Å². The number of rotatable bonds is 6. The van der Waals surface area contributed by atoms with Gasteiger partial charge in [-0.3, -0.25) is 14.4 Å². The van der Waals surface area contributed by atoms with Gasteiger partial charge in [-0.25, -0.2) is 4.98 Å². The highest BCUT2D eigenvalue weighted by Crippen LogP contribution is 2.40. The number of carbonyl (C=O) groups excluding carboxylic acids is 1. The molecule has 2 fully saturated rings. The largest absolute Gasteiger partial charge is 0.438 e. The van der Waals surface area contributed by atoms with E-state index in [1.54, 1.807) is 6.20 Å². The van der Waals surface area contributed by atoms with Crippen LogP contribution in [-0.2, 0) is 11.8 Å². The summed E-state index contributed by atoms with van der Waals surface area (Å²) < 4.78 is 13.2. The van der Waals surface area contributed by atoms with Crippen LogP contribution in [-0.4, -0.2) is 57.9 Å². The quantitative estimate of drug-likeness (QED) is 0.841. The number of ether oxygens (including phenoxy) is 1. The Bertz CT molecular complexity index is 766. The van der Waals surface area contributed by atoms with Crippen LogP contribution in [0.1, 0.15) is 53.7 Å². The summed E-state index contributed by atoms with van der Waals surface area (Å²) in [5.74, 6) is 0.497. The van der Waals surface area contributed by atoms with Crippen LogP contribution in [0.15, 0.2) is 23.1 Å². The lowest BCUT2D eigenvalue weighted by Crippen LogP contribution is -2.50. The van der Waals surface area contributed by atoms with Crippen molar-refractivity contribution < 1.29 is 13.9 Å². The number of carbonyl (C=O) groups is 1. The predicted molar refractivity (Wildman–Crippen MR) is 93.7 cm³/mol. The Hall–Kier alpha value is -2.19. The molecule has 1 aliphatic heterocycles. The van der Waals surface area contributed by atoms with Gasteiger partial charge in [-0.15, -0.1) is 0 Å². The minimum absolute atomic E-state index is 0.0548. The van der Waals surface area contributed by atoms with Gasteiger partial charge in [0.25, 0.3) is 5.91 Å². The summed E-state index contributed by atoms with van der Waals surface area (Å²) in [6.45, 7) is 4.98. The Morgan fingerprint density at radius 1 is 1.42 bits per heavy atom. The monoisotopic (exact) mass is 359 g/mol. The molecule has 0 spiro atoms. The Kier molecular flexibility index (Phi) is 4.78. The van der Waals surface area contributed by atoms with Gasteiger partial charge in [0.1, 0.15) is 0 Å². The van der Waals surface area contributed by atoms with Crippen molar-refractivity contribution in [2.75, 3.05) is 26.2 Å². The molecule has 1 amide bonds. The molecule has 2 aromatic heterocycles. The number of nitrogens with zero attached hydrogens (tertiary/aromatic N) is 4. The predicted octanol–water partition coefficient (Wildman–Crippen LogP) is 1.48. The molecule has 0 aromatic carbocycles. The fraction of sp³-hybridized carbons (Fsp3) is 0.611. The van der Waals surface area contributed by atoms with Crippen LogP contribution in [0.25, 0.3) is 0 Å². The SMILES string of the molecule is CCN1CCO[C@@H](CNC(=O)c2ocnc2C2CC2)[C@@H]1c1ccnn1C. The number of hydrogen-bond donors (Lipinski definition) is 1. The Morgan fingerprint density at radius 2 is 2.27 bits per heavy atom. The van der Waals surface area contributed by atoms with Gasteiger partial charge in [-0.05, 0) is 25.5 Å². The Labute approximate surface area is 152 Å². The second kappa shape index (κ2) is 7.20. The number of likely N-dealkylation sites (N-methyl/N-ethyl adjacent to an activating group) is 1. The van der Waals surface area contributed by atoms with Crippen molar-refractivity contribution in [3.8, 4) is 0 Å². The van der Waals surface area contributed by atoms with E-state index >= 15 is 0 Å². The summed E-state index contributed by atoms with van der Waals surface area (Å²) in [5, 5.41) is 7.27. The minimum atomic E-state index is -0.217. The standard InChI is InChI=1S/C18H25N5O3/c1-3-23-8-9-25-14(16(23)13-6-7-21-22(13)2)10-19-18(24)17-15(12-4-5-12)20-11-26-17/h6-7,11-12,14,16H,3-5,8-10H2,1-2H3,(H,19,24)/t14-,16-/m0/s1. The second-order valence-electron chi connectivity index (χ2n) is 6.91. The molecular formula is C18H25N5O3. The van der Waals surface area contributed by atoms with Gasteiger partial charge >= 0.3 is 0 Å². The molecule has 0 unspecified atom stereocenters. The van der Waals surface area contributed by atoms with Gasteiger partial charge in [-0.1, -0.05) is 6.92 Å². The zero-order valence-electron chi connectivity index (χ0n) is 15.2. The summed E-state index contributed by atoms with van der Waals surface area (Å²) in [5.41, 5.74) is 1.87. The zero-order valence-corrected chi connectivity index (χ0v) is 15.2. The number of hydrogen-bond acceptors (Lipinski definition) is 6. The van der Waals surface area contributed by atoms with Crippen molar-refractivity contribution in [3.05, 3.63) is 35.8 Å². The van der Waals surface area contributed by atoms with Gasteiger partial charge in [0.2, 0.25) is 5.76 Å². The maximum atomic E-state index is 12.6. The molecule has 0 bridgehead atoms. The first-order valence-corrected chi connectivity index (χ1v) is 9.24. The summed E-state index contributed by atoms with van der Waals surface area (Å²) in [6.07, 6.45) is 5.16. The number of aryl methyl sites for hydroxylation is 1. The summed E-state index contributed by atoms with van der Waals surface area (Å²) >= 11 is 0. The average Bonchev–Trinajstić information content (AvgIpc) is 3.22. The number of oxazole rings is 1. The molecule has 8 heteroatoms. The average molecular weight is 359 g/mol. The summed E-state index contributed by atoms with van der Waals surface area (Å²) in [6, 6.07) is 2.07.